The summed E-state index contributed by atoms with van der Waals surface area (Å²) < 4.78 is 19.2. The molecule has 0 saturated heterocycles. The molecule has 0 fully saturated rings. The van der Waals surface area contributed by atoms with Gasteiger partial charge < -0.3 is 4.74 Å². The number of nitrogens with zero attached hydrogens (tertiary/aromatic N) is 2. The van der Waals surface area contributed by atoms with Gasteiger partial charge in [-0.2, -0.15) is 0 Å². The lowest BCUT2D eigenvalue weighted by molar-refractivity contribution is 0.416. The Kier molecular flexibility index (Phi) is 4.04. The first-order chi connectivity index (χ1) is 8.52. The first kappa shape index (κ1) is 13.5. The zero-order chi connectivity index (χ0) is 13.3. The highest BCUT2D eigenvalue weighted by molar-refractivity contribution is 9.10. The first-order valence-electron chi connectivity index (χ1n) is 4.75. The Hall–Kier alpha value is -0.910. The maximum atomic E-state index is 13.3. The molecule has 0 N–H and O–H groups in total. The van der Waals surface area contributed by atoms with Gasteiger partial charge in [0.25, 0.3) is 0 Å². The highest BCUT2D eigenvalue weighted by Crippen LogP contribution is 2.32. The molecule has 0 aliphatic heterocycles. The van der Waals surface area contributed by atoms with E-state index < -0.39 is 5.82 Å². The van der Waals surface area contributed by atoms with Crippen LogP contribution in [0.3, 0.4) is 0 Å². The fourth-order valence-corrected chi connectivity index (χ4v) is 2.12. The van der Waals surface area contributed by atoms with Crippen molar-refractivity contribution in [3.8, 4) is 17.1 Å². The second-order valence-corrected chi connectivity index (χ2v) is 4.92. The molecule has 0 unspecified atom stereocenters. The van der Waals surface area contributed by atoms with Crippen molar-refractivity contribution in [3.05, 3.63) is 38.8 Å². The van der Waals surface area contributed by atoms with Crippen LogP contribution in [0.1, 0.15) is 0 Å². The Bertz CT molecular complexity index is 587. The van der Waals surface area contributed by atoms with Crippen LogP contribution in [0.4, 0.5) is 4.39 Å². The van der Waals surface area contributed by atoms with Crippen molar-refractivity contribution in [1.82, 2.24) is 9.97 Å². The minimum Gasteiger partial charge on any atom is -0.496 e. The van der Waals surface area contributed by atoms with E-state index >= 15 is 0 Å². The summed E-state index contributed by atoms with van der Waals surface area (Å²) in [4.78, 5) is 7.70. The van der Waals surface area contributed by atoms with Gasteiger partial charge in [-0.3, -0.25) is 0 Å². The maximum absolute atomic E-state index is 13.3. The van der Waals surface area contributed by atoms with E-state index in [1.54, 1.807) is 18.2 Å². The lowest BCUT2D eigenvalue weighted by atomic mass is 10.2. The molecule has 18 heavy (non-hydrogen) atoms. The van der Waals surface area contributed by atoms with E-state index in [4.69, 9.17) is 27.9 Å². The maximum Gasteiger partial charge on any atom is 0.197 e. The number of ether oxygens (including phenoxy) is 1. The summed E-state index contributed by atoms with van der Waals surface area (Å²) in [6, 6.07) is 5.27. The zero-order valence-electron chi connectivity index (χ0n) is 9.05. The quantitative estimate of drug-likeness (QED) is 0.754. The van der Waals surface area contributed by atoms with E-state index in [0.717, 1.165) is 4.47 Å². The SMILES string of the molecule is COc1ccc(Br)cc1-c1nc(Cl)c(F)c(Cl)n1. The summed E-state index contributed by atoms with van der Waals surface area (Å²) in [6.07, 6.45) is 0. The number of methoxy groups -OCH3 is 1. The topological polar surface area (TPSA) is 35.0 Å². The number of benzene rings is 1. The molecule has 1 aromatic carbocycles. The average molecular weight is 352 g/mol. The highest BCUT2D eigenvalue weighted by Gasteiger charge is 2.15. The van der Waals surface area contributed by atoms with Gasteiger partial charge in [0.15, 0.2) is 21.9 Å². The van der Waals surface area contributed by atoms with Gasteiger partial charge in [0.05, 0.1) is 12.7 Å². The number of aromatic nitrogens is 2. The highest BCUT2D eigenvalue weighted by atomic mass is 79.9. The predicted octanol–water partition coefficient (Wildman–Crippen LogP) is 4.36. The first-order valence-corrected chi connectivity index (χ1v) is 6.30. The van der Waals surface area contributed by atoms with Crippen LogP contribution in [-0.4, -0.2) is 17.1 Å². The molecule has 0 amide bonds. The van der Waals surface area contributed by atoms with E-state index in [2.05, 4.69) is 25.9 Å². The monoisotopic (exact) mass is 350 g/mol. The molecule has 0 atom stereocenters. The summed E-state index contributed by atoms with van der Waals surface area (Å²) in [6.45, 7) is 0. The summed E-state index contributed by atoms with van der Waals surface area (Å²) in [7, 11) is 1.51. The third-order valence-electron chi connectivity index (χ3n) is 2.17. The molecular weight excluding hydrogens is 346 g/mol. The van der Waals surface area contributed by atoms with Gasteiger partial charge in [-0.15, -0.1) is 0 Å². The predicted molar refractivity (Wildman–Crippen MR) is 71.7 cm³/mol. The second-order valence-electron chi connectivity index (χ2n) is 3.29. The van der Waals surface area contributed by atoms with Gasteiger partial charge in [-0.1, -0.05) is 39.1 Å². The Morgan fingerprint density at radius 1 is 1.22 bits per heavy atom. The lowest BCUT2D eigenvalue weighted by Gasteiger charge is -2.08. The molecule has 3 nitrogen and oxygen atoms in total. The van der Waals surface area contributed by atoms with Crippen molar-refractivity contribution >= 4 is 39.1 Å². The molecule has 0 aliphatic rings. The van der Waals surface area contributed by atoms with Gasteiger partial charge in [0, 0.05) is 4.47 Å². The summed E-state index contributed by atoms with van der Waals surface area (Å²) >= 11 is 14.6. The summed E-state index contributed by atoms with van der Waals surface area (Å²) in [5.74, 6) is -0.0995. The van der Waals surface area contributed by atoms with Crippen LogP contribution >= 0.6 is 39.1 Å². The fraction of sp³-hybridized carbons (Fsp3) is 0.0909. The van der Waals surface area contributed by atoms with Gasteiger partial charge in [0.1, 0.15) is 5.75 Å². The van der Waals surface area contributed by atoms with Crippen LogP contribution in [0.25, 0.3) is 11.4 Å². The van der Waals surface area contributed by atoms with Crippen LogP contribution < -0.4 is 4.74 Å². The van der Waals surface area contributed by atoms with E-state index in [1.807, 2.05) is 0 Å². The van der Waals surface area contributed by atoms with Crippen LogP contribution in [-0.2, 0) is 0 Å². The number of hydrogen-bond donors (Lipinski definition) is 0. The van der Waals surface area contributed by atoms with Gasteiger partial charge >= 0.3 is 0 Å². The standard InChI is InChI=1S/C11H6BrCl2FN2O/c1-18-7-3-2-5(12)4-6(7)11-16-9(13)8(15)10(14)17-11/h2-4H,1H3. The minimum absolute atomic E-state index is 0.199. The normalized spacial score (nSPS) is 10.5. The number of rotatable bonds is 2. The largest absolute Gasteiger partial charge is 0.496 e. The van der Waals surface area contributed by atoms with Crippen LogP contribution in [0, 0.1) is 5.82 Å². The molecule has 2 aromatic rings. The molecule has 1 aromatic heterocycles. The zero-order valence-corrected chi connectivity index (χ0v) is 12.1. The molecule has 0 aliphatic carbocycles. The molecule has 7 heteroatoms. The molecule has 0 radical (unpaired) electrons. The van der Waals surface area contributed by atoms with Crippen molar-refractivity contribution in [2.75, 3.05) is 7.11 Å². The van der Waals surface area contributed by atoms with E-state index in [0.29, 0.717) is 11.3 Å². The number of hydrogen-bond acceptors (Lipinski definition) is 3. The van der Waals surface area contributed by atoms with Crippen molar-refractivity contribution in [3.63, 3.8) is 0 Å². The lowest BCUT2D eigenvalue weighted by Crippen LogP contribution is -1.97. The Morgan fingerprint density at radius 2 is 1.83 bits per heavy atom. The smallest absolute Gasteiger partial charge is 0.197 e. The Balaban J connectivity index is 2.65. The van der Waals surface area contributed by atoms with Crippen molar-refractivity contribution < 1.29 is 9.13 Å². The third kappa shape index (κ3) is 2.58. The van der Waals surface area contributed by atoms with Gasteiger partial charge in [-0.25, -0.2) is 14.4 Å². The minimum atomic E-state index is -0.837. The van der Waals surface area contributed by atoms with Crippen molar-refractivity contribution in [2.45, 2.75) is 0 Å². The average Bonchev–Trinajstić information content (AvgIpc) is 2.35. The van der Waals surface area contributed by atoms with Crippen LogP contribution in [0.2, 0.25) is 10.3 Å². The van der Waals surface area contributed by atoms with Gasteiger partial charge in [0.2, 0.25) is 0 Å². The molecule has 0 bridgehead atoms. The van der Waals surface area contributed by atoms with E-state index in [1.165, 1.54) is 7.11 Å². The summed E-state index contributed by atoms with van der Waals surface area (Å²) in [5, 5.41) is -0.654. The van der Waals surface area contributed by atoms with Crippen molar-refractivity contribution in [1.29, 1.82) is 0 Å². The van der Waals surface area contributed by atoms with Crippen LogP contribution in [0.5, 0.6) is 5.75 Å². The molecule has 1 heterocycles. The molecular formula is C11H6BrCl2FN2O. The second kappa shape index (κ2) is 5.38. The van der Waals surface area contributed by atoms with E-state index in [9.17, 15) is 4.39 Å². The third-order valence-corrected chi connectivity index (χ3v) is 3.17. The van der Waals surface area contributed by atoms with E-state index in [-0.39, 0.29) is 16.1 Å². The molecule has 94 valence electrons. The number of halogens is 4. The van der Waals surface area contributed by atoms with Gasteiger partial charge in [-0.05, 0) is 18.2 Å². The molecule has 0 spiro atoms. The van der Waals surface area contributed by atoms with Crippen LogP contribution in [0.15, 0.2) is 22.7 Å². The fourth-order valence-electron chi connectivity index (χ4n) is 1.37. The van der Waals surface area contributed by atoms with Crippen molar-refractivity contribution in [2.24, 2.45) is 0 Å². The Morgan fingerprint density at radius 3 is 2.39 bits per heavy atom. The molecule has 2 rings (SSSR count). The summed E-state index contributed by atoms with van der Waals surface area (Å²) in [5.41, 5.74) is 0.565. The molecule has 0 saturated carbocycles. The Labute approximate surface area is 121 Å².